The van der Waals surface area contributed by atoms with E-state index >= 15 is 0 Å². The lowest BCUT2D eigenvalue weighted by atomic mass is 10.0. The third-order valence-corrected chi connectivity index (χ3v) is 4.15. The Balaban J connectivity index is 1.88. The molecule has 0 spiro atoms. The Bertz CT molecular complexity index is 846. The topological polar surface area (TPSA) is 85.9 Å². The first-order valence-electron chi connectivity index (χ1n) is 8.78. The highest BCUT2D eigenvalue weighted by molar-refractivity contribution is 6.10. The molecule has 1 aliphatic heterocycles. The second-order valence-corrected chi connectivity index (χ2v) is 5.84. The fourth-order valence-electron chi connectivity index (χ4n) is 3.00. The number of nitrogens with two attached hydrogens (primary N) is 1. The number of nitrogens with one attached hydrogen (secondary N) is 1. The monoisotopic (exact) mass is 353 g/mol. The number of benzene rings is 2. The predicted octanol–water partition coefficient (Wildman–Crippen LogP) is 3.00. The Morgan fingerprint density at radius 2 is 1.92 bits per heavy atom. The van der Waals surface area contributed by atoms with Crippen molar-refractivity contribution in [1.82, 2.24) is 0 Å². The van der Waals surface area contributed by atoms with Gasteiger partial charge in [-0.3, -0.25) is 4.79 Å². The number of amides is 1. The summed E-state index contributed by atoms with van der Waals surface area (Å²) in [6.07, 6.45) is 0.869. The molecule has 0 unspecified atom stereocenters. The summed E-state index contributed by atoms with van der Waals surface area (Å²) in [6, 6.07) is 10.8. The molecule has 26 heavy (non-hydrogen) atoms. The molecule has 1 aliphatic rings. The zero-order valence-corrected chi connectivity index (χ0v) is 15.0. The number of anilines is 1. The maximum Gasteiger partial charge on any atom is 0.279 e. The minimum absolute atomic E-state index is 0.224. The molecular weight excluding hydrogens is 330 g/mol. The van der Waals surface area contributed by atoms with E-state index in [1.54, 1.807) is 18.2 Å². The molecule has 6 heteroatoms. The van der Waals surface area contributed by atoms with Crippen LogP contribution in [0, 0.1) is 0 Å². The van der Waals surface area contributed by atoms with Gasteiger partial charge in [0.15, 0.2) is 11.5 Å². The van der Waals surface area contributed by atoms with Gasteiger partial charge in [-0.2, -0.15) is 4.99 Å². The molecule has 2 aromatic carbocycles. The molecule has 0 atom stereocenters. The lowest BCUT2D eigenvalue weighted by molar-refractivity contribution is 0.100. The van der Waals surface area contributed by atoms with Crippen molar-refractivity contribution in [3.8, 4) is 11.5 Å². The van der Waals surface area contributed by atoms with Crippen LogP contribution in [0.25, 0.3) is 0 Å². The number of hydrogen-bond acceptors (Lipinski definition) is 4. The summed E-state index contributed by atoms with van der Waals surface area (Å²) in [4.78, 5) is 16.7. The van der Waals surface area contributed by atoms with Gasteiger partial charge in [-0.1, -0.05) is 12.1 Å². The van der Waals surface area contributed by atoms with Gasteiger partial charge in [0.2, 0.25) is 0 Å². The quantitative estimate of drug-likeness (QED) is 0.616. The van der Waals surface area contributed by atoms with Crippen molar-refractivity contribution in [2.45, 2.75) is 20.3 Å². The Morgan fingerprint density at radius 1 is 1.15 bits per heavy atom. The summed E-state index contributed by atoms with van der Waals surface area (Å²) in [5.74, 6) is 0.950. The summed E-state index contributed by atoms with van der Waals surface area (Å²) in [7, 11) is 0. The van der Waals surface area contributed by atoms with Gasteiger partial charge in [0.1, 0.15) is 5.84 Å². The van der Waals surface area contributed by atoms with Crippen LogP contribution in [0.2, 0.25) is 0 Å². The zero-order chi connectivity index (χ0) is 18.5. The van der Waals surface area contributed by atoms with Gasteiger partial charge in [0, 0.05) is 23.4 Å². The molecule has 1 heterocycles. The first kappa shape index (κ1) is 17.8. The number of hydrogen-bond donors (Lipinski definition) is 2. The molecule has 6 nitrogen and oxygen atoms in total. The number of aliphatic imine (C=N–C) groups is 1. The van der Waals surface area contributed by atoms with Crippen LogP contribution in [0.15, 0.2) is 41.4 Å². The second-order valence-electron chi connectivity index (χ2n) is 5.84. The van der Waals surface area contributed by atoms with Crippen molar-refractivity contribution in [1.29, 1.82) is 0 Å². The van der Waals surface area contributed by atoms with Gasteiger partial charge >= 0.3 is 0 Å². The minimum atomic E-state index is -0.407. The normalized spacial score (nSPS) is 13.1. The van der Waals surface area contributed by atoms with Gasteiger partial charge in [-0.05, 0) is 50.1 Å². The number of carbonyl (C=O) groups excluding carboxylic acids is 1. The summed E-state index contributed by atoms with van der Waals surface area (Å²) in [5.41, 5.74) is 9.49. The summed E-state index contributed by atoms with van der Waals surface area (Å²) >= 11 is 0. The van der Waals surface area contributed by atoms with Gasteiger partial charge in [-0.15, -0.1) is 0 Å². The Morgan fingerprint density at radius 3 is 2.69 bits per heavy atom. The number of fused-ring (bicyclic) bond motifs is 1. The lowest BCUT2D eigenvalue weighted by Crippen LogP contribution is -2.17. The number of rotatable bonds is 6. The predicted molar refractivity (Wildman–Crippen MR) is 102 cm³/mol. The van der Waals surface area contributed by atoms with E-state index in [4.69, 9.17) is 15.2 Å². The van der Waals surface area contributed by atoms with Crippen LogP contribution in [0.5, 0.6) is 11.5 Å². The Hall–Kier alpha value is -3.02. The molecule has 136 valence electrons. The van der Waals surface area contributed by atoms with Crippen molar-refractivity contribution in [3.05, 3.63) is 53.1 Å². The van der Waals surface area contributed by atoms with E-state index in [1.807, 2.05) is 32.0 Å². The molecule has 0 saturated carbocycles. The van der Waals surface area contributed by atoms with E-state index < -0.39 is 5.91 Å². The van der Waals surface area contributed by atoms with E-state index in [1.165, 1.54) is 0 Å². The van der Waals surface area contributed by atoms with Crippen LogP contribution < -0.4 is 20.5 Å². The number of amidine groups is 1. The molecule has 0 aliphatic carbocycles. The van der Waals surface area contributed by atoms with Crippen LogP contribution >= 0.6 is 0 Å². The van der Waals surface area contributed by atoms with Crippen molar-refractivity contribution in [3.63, 3.8) is 0 Å². The Labute approximate surface area is 153 Å². The maximum absolute atomic E-state index is 12.6. The molecule has 0 saturated heterocycles. The van der Waals surface area contributed by atoms with Crippen molar-refractivity contribution in [2.24, 2.45) is 10.7 Å². The first-order chi connectivity index (χ1) is 12.6. The van der Waals surface area contributed by atoms with E-state index in [2.05, 4.69) is 10.3 Å². The molecule has 0 radical (unpaired) electrons. The van der Waals surface area contributed by atoms with Crippen molar-refractivity contribution in [2.75, 3.05) is 25.1 Å². The molecule has 0 bridgehead atoms. The van der Waals surface area contributed by atoms with Crippen molar-refractivity contribution >= 4 is 17.4 Å². The van der Waals surface area contributed by atoms with Crippen LogP contribution in [-0.2, 0) is 6.42 Å². The lowest BCUT2D eigenvalue weighted by Gasteiger charge is -2.11. The fourth-order valence-corrected chi connectivity index (χ4v) is 3.00. The zero-order valence-electron chi connectivity index (χ0n) is 15.0. The third kappa shape index (κ3) is 3.64. The molecule has 2 aromatic rings. The number of nitrogens with zero attached hydrogens (tertiary/aromatic N) is 1. The van der Waals surface area contributed by atoms with Gasteiger partial charge in [0.05, 0.1) is 13.2 Å². The highest BCUT2D eigenvalue weighted by atomic mass is 16.5. The number of carbonyl (C=O) groups is 1. The smallest absolute Gasteiger partial charge is 0.279 e. The van der Waals surface area contributed by atoms with E-state index in [0.29, 0.717) is 30.3 Å². The molecule has 1 amide bonds. The standard InChI is InChI=1S/C20H23N3O3/c1-3-25-17-9-8-13(12-18(17)26-4-2)20(24)23-19(21)15-6-5-7-16-14(15)10-11-22-16/h5-9,12,22H,3-4,10-11H2,1-2H3,(H2,21,23,24). The minimum Gasteiger partial charge on any atom is -0.490 e. The Kier molecular flexibility index (Phi) is 5.41. The average molecular weight is 353 g/mol. The molecule has 0 aromatic heterocycles. The number of ether oxygens (including phenoxy) is 2. The van der Waals surface area contributed by atoms with Crippen LogP contribution in [0.3, 0.4) is 0 Å². The average Bonchev–Trinajstić information content (AvgIpc) is 3.12. The summed E-state index contributed by atoms with van der Waals surface area (Å²) in [5, 5.41) is 3.29. The fraction of sp³-hybridized carbons (Fsp3) is 0.300. The molecule has 3 N–H and O–H groups in total. The van der Waals surface area contributed by atoms with Gasteiger partial charge in [0.25, 0.3) is 5.91 Å². The van der Waals surface area contributed by atoms with Gasteiger partial charge in [-0.25, -0.2) is 0 Å². The van der Waals surface area contributed by atoms with E-state index in [9.17, 15) is 4.79 Å². The van der Waals surface area contributed by atoms with Crippen LogP contribution in [0.4, 0.5) is 5.69 Å². The largest absolute Gasteiger partial charge is 0.490 e. The van der Waals surface area contributed by atoms with E-state index in [0.717, 1.165) is 29.8 Å². The molecule has 3 rings (SSSR count). The van der Waals surface area contributed by atoms with E-state index in [-0.39, 0.29) is 5.84 Å². The molecular formula is C20H23N3O3. The highest BCUT2D eigenvalue weighted by Crippen LogP contribution is 2.29. The van der Waals surface area contributed by atoms with Crippen LogP contribution in [-0.4, -0.2) is 31.5 Å². The summed E-state index contributed by atoms with van der Waals surface area (Å²) in [6.45, 7) is 5.64. The second kappa shape index (κ2) is 7.91. The van der Waals surface area contributed by atoms with Crippen LogP contribution in [0.1, 0.15) is 35.3 Å². The first-order valence-corrected chi connectivity index (χ1v) is 8.78. The highest BCUT2D eigenvalue weighted by Gasteiger charge is 2.17. The van der Waals surface area contributed by atoms with Crippen molar-refractivity contribution < 1.29 is 14.3 Å². The van der Waals surface area contributed by atoms with Gasteiger partial charge < -0.3 is 20.5 Å². The summed E-state index contributed by atoms with van der Waals surface area (Å²) < 4.78 is 11.1. The third-order valence-electron chi connectivity index (χ3n) is 4.15. The maximum atomic E-state index is 12.6. The SMILES string of the molecule is CCOc1ccc(C(=O)N=C(N)c2cccc3c2CCN3)cc1OCC. The molecule has 0 fully saturated rings.